The van der Waals surface area contributed by atoms with Crippen molar-refractivity contribution in [3.8, 4) is 5.75 Å². The van der Waals surface area contributed by atoms with Crippen LogP contribution in [-0.4, -0.2) is 10.3 Å². The Bertz CT molecular complexity index is 445. The molecular formula is C15H21ClO2. The first-order valence-corrected chi connectivity index (χ1v) is 6.71. The molecule has 3 heteroatoms. The number of unbranched alkanes of at least 4 members (excludes halogenated alkanes) is 1. The van der Waals surface area contributed by atoms with Crippen molar-refractivity contribution in [1.82, 2.24) is 0 Å². The molecule has 0 unspecified atom stereocenters. The molecule has 18 heavy (non-hydrogen) atoms. The molecule has 100 valence electrons. The summed E-state index contributed by atoms with van der Waals surface area (Å²) >= 11 is 5.73. The topological polar surface area (TPSA) is 37.3 Å². The van der Waals surface area contributed by atoms with E-state index in [1.54, 1.807) is 12.1 Å². The van der Waals surface area contributed by atoms with E-state index in [9.17, 15) is 9.90 Å². The predicted octanol–water partition coefficient (Wildman–Crippen LogP) is 4.41. The molecule has 0 aliphatic heterocycles. The van der Waals surface area contributed by atoms with Gasteiger partial charge in [-0.3, -0.25) is 4.79 Å². The Morgan fingerprint density at radius 2 is 1.94 bits per heavy atom. The maximum absolute atomic E-state index is 11.7. The number of aromatic hydroxyl groups is 1. The molecule has 1 N–H and O–H groups in total. The van der Waals surface area contributed by atoms with Gasteiger partial charge >= 0.3 is 0 Å². The Kier molecular flexibility index (Phi) is 4.80. The van der Waals surface area contributed by atoms with Crippen LogP contribution in [0, 0.1) is 0 Å². The summed E-state index contributed by atoms with van der Waals surface area (Å²) < 4.78 is 0. The Labute approximate surface area is 114 Å². The summed E-state index contributed by atoms with van der Waals surface area (Å²) in [4.78, 5) is 11.7. The van der Waals surface area contributed by atoms with Crippen LogP contribution in [0.15, 0.2) is 12.1 Å². The van der Waals surface area contributed by atoms with Gasteiger partial charge in [-0.2, -0.15) is 0 Å². The van der Waals surface area contributed by atoms with E-state index in [4.69, 9.17) is 11.6 Å². The average Bonchev–Trinajstić information content (AvgIpc) is 2.23. The summed E-state index contributed by atoms with van der Waals surface area (Å²) in [6.07, 6.45) is 2.78. The molecule has 0 amide bonds. The van der Waals surface area contributed by atoms with Gasteiger partial charge in [0.25, 0.3) is 5.24 Å². The summed E-state index contributed by atoms with van der Waals surface area (Å²) in [5, 5.41) is 9.37. The van der Waals surface area contributed by atoms with Gasteiger partial charge in [0.05, 0.1) is 0 Å². The highest BCUT2D eigenvalue weighted by molar-refractivity contribution is 6.68. The Hall–Kier alpha value is -1.02. The highest BCUT2D eigenvalue weighted by Crippen LogP contribution is 2.33. The fourth-order valence-electron chi connectivity index (χ4n) is 2.07. The SMILES string of the molecule is CCCCc1cc(O)cc(C(C)(C)C)c1C(=O)Cl. The molecule has 0 bridgehead atoms. The quantitative estimate of drug-likeness (QED) is 0.821. The molecule has 0 aromatic heterocycles. The van der Waals surface area contributed by atoms with Gasteiger partial charge in [-0.25, -0.2) is 0 Å². The first kappa shape index (κ1) is 15.0. The lowest BCUT2D eigenvalue weighted by Gasteiger charge is -2.24. The highest BCUT2D eigenvalue weighted by Gasteiger charge is 2.24. The number of benzene rings is 1. The number of hydrogen-bond donors (Lipinski definition) is 1. The monoisotopic (exact) mass is 268 g/mol. The van der Waals surface area contributed by atoms with Gasteiger partial charge < -0.3 is 5.11 Å². The third-order valence-corrected chi connectivity index (χ3v) is 3.20. The molecule has 0 saturated carbocycles. The summed E-state index contributed by atoms with van der Waals surface area (Å²) in [5.74, 6) is 0.202. The normalized spacial score (nSPS) is 11.6. The first-order valence-electron chi connectivity index (χ1n) is 6.33. The second-order valence-electron chi connectivity index (χ2n) is 5.65. The summed E-state index contributed by atoms with van der Waals surface area (Å²) in [7, 11) is 0. The molecule has 1 aromatic rings. The lowest BCUT2D eigenvalue weighted by atomic mass is 9.81. The lowest BCUT2D eigenvalue weighted by Crippen LogP contribution is -2.17. The minimum absolute atomic E-state index is 0.202. The zero-order valence-electron chi connectivity index (χ0n) is 11.5. The molecule has 0 fully saturated rings. The van der Waals surface area contributed by atoms with E-state index < -0.39 is 5.24 Å². The number of rotatable bonds is 4. The number of hydrogen-bond acceptors (Lipinski definition) is 2. The number of halogens is 1. The molecule has 0 radical (unpaired) electrons. The van der Waals surface area contributed by atoms with Crippen LogP contribution in [0.1, 0.15) is 62.0 Å². The zero-order chi connectivity index (χ0) is 13.9. The summed E-state index contributed by atoms with van der Waals surface area (Å²) in [6.45, 7) is 8.12. The van der Waals surface area contributed by atoms with Crippen LogP contribution in [0.4, 0.5) is 0 Å². The van der Waals surface area contributed by atoms with Gasteiger partial charge in [-0.1, -0.05) is 34.1 Å². The van der Waals surface area contributed by atoms with Crippen molar-refractivity contribution in [2.75, 3.05) is 0 Å². The van der Waals surface area contributed by atoms with Crippen LogP contribution in [0.25, 0.3) is 0 Å². The molecule has 2 nitrogen and oxygen atoms in total. The van der Waals surface area contributed by atoms with Crippen LogP contribution >= 0.6 is 11.6 Å². The second-order valence-corrected chi connectivity index (χ2v) is 6.00. The number of carbonyl (C=O) groups excluding carboxylic acids is 1. The zero-order valence-corrected chi connectivity index (χ0v) is 12.3. The van der Waals surface area contributed by atoms with E-state index in [2.05, 4.69) is 6.92 Å². The molecular weight excluding hydrogens is 248 g/mol. The molecule has 0 aliphatic rings. The van der Waals surface area contributed by atoms with E-state index in [-0.39, 0.29) is 11.2 Å². The smallest absolute Gasteiger partial charge is 0.252 e. The summed E-state index contributed by atoms with van der Waals surface area (Å²) in [6, 6.07) is 3.30. The summed E-state index contributed by atoms with van der Waals surface area (Å²) in [5.41, 5.74) is 2.00. The average molecular weight is 269 g/mol. The van der Waals surface area contributed by atoms with E-state index in [0.29, 0.717) is 5.56 Å². The van der Waals surface area contributed by atoms with Crippen LogP contribution in [0.2, 0.25) is 0 Å². The van der Waals surface area contributed by atoms with Crippen molar-refractivity contribution >= 4 is 16.8 Å². The van der Waals surface area contributed by atoms with Gasteiger partial charge in [0.2, 0.25) is 0 Å². The van der Waals surface area contributed by atoms with Crippen LogP contribution in [0.3, 0.4) is 0 Å². The van der Waals surface area contributed by atoms with Crippen molar-refractivity contribution in [3.05, 3.63) is 28.8 Å². The number of carbonyl (C=O) groups is 1. The van der Waals surface area contributed by atoms with Gasteiger partial charge in [-0.15, -0.1) is 0 Å². The van der Waals surface area contributed by atoms with Crippen molar-refractivity contribution in [2.24, 2.45) is 0 Å². The first-order chi connectivity index (χ1) is 8.27. The molecule has 0 spiro atoms. The molecule has 1 aromatic carbocycles. The standard InChI is InChI=1S/C15H21ClO2/c1-5-6-7-10-8-11(17)9-12(15(2,3)4)13(10)14(16)18/h8-9,17H,5-7H2,1-4H3. The molecule has 0 saturated heterocycles. The third-order valence-electron chi connectivity index (χ3n) is 3.01. The van der Waals surface area contributed by atoms with Gasteiger partial charge in [0.1, 0.15) is 5.75 Å². The largest absolute Gasteiger partial charge is 0.508 e. The number of phenolic OH excluding ortho intramolecular Hbond substituents is 1. The molecule has 0 aliphatic carbocycles. The minimum Gasteiger partial charge on any atom is -0.508 e. The maximum Gasteiger partial charge on any atom is 0.252 e. The molecule has 1 rings (SSSR count). The number of phenols is 1. The number of aryl methyl sites for hydroxylation is 1. The van der Waals surface area contributed by atoms with Crippen LogP contribution in [0.5, 0.6) is 5.75 Å². The van der Waals surface area contributed by atoms with Crippen LogP contribution < -0.4 is 0 Å². The van der Waals surface area contributed by atoms with Gasteiger partial charge in [0, 0.05) is 5.56 Å². The van der Waals surface area contributed by atoms with Crippen molar-refractivity contribution < 1.29 is 9.90 Å². The fourth-order valence-corrected chi connectivity index (χ4v) is 2.30. The van der Waals surface area contributed by atoms with Crippen LogP contribution in [-0.2, 0) is 11.8 Å². The Balaban J connectivity index is 3.41. The van der Waals surface area contributed by atoms with Gasteiger partial charge in [-0.05, 0) is 53.1 Å². The van der Waals surface area contributed by atoms with E-state index in [0.717, 1.165) is 30.4 Å². The predicted molar refractivity (Wildman–Crippen MR) is 75.6 cm³/mol. The minimum atomic E-state index is -0.439. The highest BCUT2D eigenvalue weighted by atomic mass is 35.5. The lowest BCUT2D eigenvalue weighted by molar-refractivity contribution is 0.107. The molecule has 0 heterocycles. The van der Waals surface area contributed by atoms with Crippen molar-refractivity contribution in [3.63, 3.8) is 0 Å². The fraction of sp³-hybridized carbons (Fsp3) is 0.533. The Morgan fingerprint density at radius 1 is 1.33 bits per heavy atom. The van der Waals surface area contributed by atoms with E-state index in [1.807, 2.05) is 20.8 Å². The third kappa shape index (κ3) is 3.49. The van der Waals surface area contributed by atoms with Crippen molar-refractivity contribution in [1.29, 1.82) is 0 Å². The van der Waals surface area contributed by atoms with E-state index in [1.165, 1.54) is 0 Å². The van der Waals surface area contributed by atoms with E-state index >= 15 is 0 Å². The molecule has 0 atom stereocenters. The Morgan fingerprint density at radius 3 is 2.39 bits per heavy atom. The van der Waals surface area contributed by atoms with Crippen molar-refractivity contribution in [2.45, 2.75) is 52.4 Å². The maximum atomic E-state index is 11.7. The second kappa shape index (κ2) is 5.75. The van der Waals surface area contributed by atoms with Gasteiger partial charge in [0.15, 0.2) is 0 Å².